The fraction of sp³-hybridized carbons (Fsp3) is 0.667. The van der Waals surface area contributed by atoms with E-state index < -0.39 is 0 Å². The van der Waals surface area contributed by atoms with Gasteiger partial charge in [0, 0.05) is 6.54 Å². The summed E-state index contributed by atoms with van der Waals surface area (Å²) in [7, 11) is 1.69. The minimum atomic E-state index is 0.704. The molecule has 0 aromatic carbocycles. The van der Waals surface area contributed by atoms with Crippen LogP contribution in [0, 0.1) is 5.92 Å². The highest BCUT2D eigenvalue weighted by molar-refractivity contribution is 5.52. The third-order valence-electron chi connectivity index (χ3n) is 2.82. The molecule has 1 N–H and O–H groups in total. The first-order valence-electron chi connectivity index (χ1n) is 7.16. The van der Waals surface area contributed by atoms with E-state index in [0.29, 0.717) is 5.92 Å². The van der Waals surface area contributed by atoms with Gasteiger partial charge in [0.15, 0.2) is 5.75 Å². The van der Waals surface area contributed by atoms with E-state index in [1.54, 1.807) is 13.3 Å². The van der Waals surface area contributed by atoms with E-state index in [-0.39, 0.29) is 0 Å². The average molecular weight is 265 g/mol. The number of hydrogen-bond acceptors (Lipinski definition) is 3. The van der Waals surface area contributed by atoms with Gasteiger partial charge >= 0.3 is 0 Å². The second-order valence-corrected chi connectivity index (χ2v) is 5.11. The highest BCUT2D eigenvalue weighted by atomic mass is 16.5. The minimum absolute atomic E-state index is 0.704. The molecule has 1 heterocycles. The number of ether oxygens (including phenoxy) is 1. The van der Waals surface area contributed by atoms with Gasteiger partial charge < -0.3 is 10.1 Å². The summed E-state index contributed by atoms with van der Waals surface area (Å²) < 4.78 is 7.33. The Kier molecular flexibility index (Phi) is 7.26. The van der Waals surface area contributed by atoms with Crippen molar-refractivity contribution in [2.24, 2.45) is 5.92 Å². The van der Waals surface area contributed by atoms with Crippen LogP contribution in [0.25, 0.3) is 6.08 Å². The molecule has 0 amide bonds. The van der Waals surface area contributed by atoms with Crippen molar-refractivity contribution < 1.29 is 4.74 Å². The first kappa shape index (κ1) is 15.8. The van der Waals surface area contributed by atoms with Gasteiger partial charge in [0.1, 0.15) is 5.69 Å². The van der Waals surface area contributed by atoms with Gasteiger partial charge in [0.25, 0.3) is 0 Å². The lowest BCUT2D eigenvalue weighted by atomic mass is 10.2. The summed E-state index contributed by atoms with van der Waals surface area (Å²) >= 11 is 0. The van der Waals surface area contributed by atoms with Gasteiger partial charge in [-0.15, -0.1) is 0 Å². The summed E-state index contributed by atoms with van der Waals surface area (Å²) in [5, 5.41) is 7.77. The number of aryl methyl sites for hydroxylation is 1. The number of methoxy groups -OCH3 is 1. The van der Waals surface area contributed by atoms with Crippen LogP contribution >= 0.6 is 0 Å². The second kappa shape index (κ2) is 8.75. The zero-order chi connectivity index (χ0) is 14.1. The molecule has 1 rings (SSSR count). The van der Waals surface area contributed by atoms with E-state index in [2.05, 4.69) is 43.3 Å². The van der Waals surface area contributed by atoms with Crippen molar-refractivity contribution in [3.05, 3.63) is 18.0 Å². The maximum atomic E-state index is 5.33. The van der Waals surface area contributed by atoms with Crippen LogP contribution in [0.4, 0.5) is 0 Å². The molecule has 0 saturated heterocycles. The van der Waals surface area contributed by atoms with Gasteiger partial charge in [-0.05, 0) is 37.9 Å². The number of hydrogen-bond donors (Lipinski definition) is 1. The van der Waals surface area contributed by atoms with Crippen LogP contribution in [0.15, 0.2) is 12.3 Å². The fourth-order valence-electron chi connectivity index (χ4n) is 1.86. The topological polar surface area (TPSA) is 39.1 Å². The standard InChI is InChI=1S/C15H27N3O/c1-5-10-18-14(15(19-4)12-17-18)8-6-7-9-16-11-13(2)3/h6,8,12-13,16H,5,7,9-11H2,1-4H3/b8-6+. The summed E-state index contributed by atoms with van der Waals surface area (Å²) in [6.07, 6.45) is 8.17. The summed E-state index contributed by atoms with van der Waals surface area (Å²) in [5.41, 5.74) is 1.06. The molecule has 0 aliphatic heterocycles. The maximum Gasteiger partial charge on any atom is 0.164 e. The molecule has 0 saturated carbocycles. The Balaban J connectivity index is 2.48. The van der Waals surface area contributed by atoms with Gasteiger partial charge in [0.2, 0.25) is 0 Å². The van der Waals surface area contributed by atoms with E-state index in [1.807, 2.05) is 4.68 Å². The molecule has 1 aromatic heterocycles. The normalized spacial score (nSPS) is 11.6. The van der Waals surface area contributed by atoms with Crippen LogP contribution in [-0.4, -0.2) is 30.0 Å². The summed E-state index contributed by atoms with van der Waals surface area (Å²) in [6, 6.07) is 0. The number of nitrogens with one attached hydrogen (secondary N) is 1. The Labute approximate surface area is 116 Å². The Morgan fingerprint density at radius 2 is 2.26 bits per heavy atom. The number of nitrogens with zero attached hydrogens (tertiary/aromatic N) is 2. The quantitative estimate of drug-likeness (QED) is 0.698. The van der Waals surface area contributed by atoms with Gasteiger partial charge in [-0.3, -0.25) is 4.68 Å². The van der Waals surface area contributed by atoms with Crippen LogP contribution in [0.2, 0.25) is 0 Å². The Morgan fingerprint density at radius 3 is 2.89 bits per heavy atom. The predicted octanol–water partition coefficient (Wildman–Crippen LogP) is 2.95. The molecule has 0 bridgehead atoms. The fourth-order valence-corrected chi connectivity index (χ4v) is 1.86. The zero-order valence-electron chi connectivity index (χ0n) is 12.6. The predicted molar refractivity (Wildman–Crippen MR) is 80.4 cm³/mol. The molecule has 0 radical (unpaired) electrons. The van der Waals surface area contributed by atoms with Crippen molar-refractivity contribution in [3.8, 4) is 5.75 Å². The van der Waals surface area contributed by atoms with Crippen LogP contribution in [0.3, 0.4) is 0 Å². The third kappa shape index (κ3) is 5.47. The molecule has 0 aliphatic rings. The lowest BCUT2D eigenvalue weighted by Crippen LogP contribution is -2.20. The minimum Gasteiger partial charge on any atom is -0.493 e. The molecule has 4 heteroatoms. The van der Waals surface area contributed by atoms with Crippen LogP contribution in [0.1, 0.15) is 39.3 Å². The molecule has 4 nitrogen and oxygen atoms in total. The lowest BCUT2D eigenvalue weighted by molar-refractivity contribution is 0.412. The van der Waals surface area contributed by atoms with E-state index in [4.69, 9.17) is 4.74 Å². The smallest absolute Gasteiger partial charge is 0.164 e. The van der Waals surface area contributed by atoms with Crippen LogP contribution < -0.4 is 10.1 Å². The molecule has 108 valence electrons. The van der Waals surface area contributed by atoms with Crippen LogP contribution in [-0.2, 0) is 6.54 Å². The van der Waals surface area contributed by atoms with Crippen LogP contribution in [0.5, 0.6) is 5.75 Å². The largest absolute Gasteiger partial charge is 0.493 e. The van der Waals surface area contributed by atoms with Crippen molar-refractivity contribution in [1.29, 1.82) is 0 Å². The molecule has 1 aromatic rings. The van der Waals surface area contributed by atoms with E-state index in [9.17, 15) is 0 Å². The molecular formula is C15H27N3O. The van der Waals surface area contributed by atoms with Crippen molar-refractivity contribution >= 4 is 6.08 Å². The maximum absolute atomic E-state index is 5.33. The zero-order valence-corrected chi connectivity index (χ0v) is 12.6. The Bertz CT molecular complexity index is 383. The molecule has 0 spiro atoms. The molecule has 19 heavy (non-hydrogen) atoms. The van der Waals surface area contributed by atoms with Crippen molar-refractivity contribution in [2.45, 2.75) is 40.2 Å². The van der Waals surface area contributed by atoms with Crippen molar-refractivity contribution in [2.75, 3.05) is 20.2 Å². The molecule has 0 aliphatic carbocycles. The average Bonchev–Trinajstić information content (AvgIpc) is 2.76. The Hall–Kier alpha value is -1.29. The number of rotatable bonds is 9. The van der Waals surface area contributed by atoms with Gasteiger partial charge in [-0.2, -0.15) is 5.10 Å². The van der Waals surface area contributed by atoms with Crippen molar-refractivity contribution in [1.82, 2.24) is 15.1 Å². The van der Waals surface area contributed by atoms with Crippen molar-refractivity contribution in [3.63, 3.8) is 0 Å². The first-order chi connectivity index (χ1) is 9.19. The third-order valence-corrected chi connectivity index (χ3v) is 2.82. The SMILES string of the molecule is CCCn1ncc(OC)c1/C=C/CCNCC(C)C. The summed E-state index contributed by atoms with van der Waals surface area (Å²) in [4.78, 5) is 0. The highest BCUT2D eigenvalue weighted by Crippen LogP contribution is 2.19. The first-order valence-corrected chi connectivity index (χ1v) is 7.16. The van der Waals surface area contributed by atoms with Gasteiger partial charge in [-0.25, -0.2) is 0 Å². The molecule has 0 atom stereocenters. The van der Waals surface area contributed by atoms with Gasteiger partial charge in [-0.1, -0.05) is 26.8 Å². The summed E-state index contributed by atoms with van der Waals surface area (Å²) in [6.45, 7) is 9.60. The van der Waals surface area contributed by atoms with E-state index in [0.717, 1.165) is 43.9 Å². The lowest BCUT2D eigenvalue weighted by Gasteiger charge is -2.06. The molecular weight excluding hydrogens is 238 g/mol. The Morgan fingerprint density at radius 1 is 1.47 bits per heavy atom. The van der Waals surface area contributed by atoms with E-state index >= 15 is 0 Å². The number of aromatic nitrogens is 2. The molecule has 0 fully saturated rings. The van der Waals surface area contributed by atoms with Gasteiger partial charge in [0.05, 0.1) is 13.3 Å². The summed E-state index contributed by atoms with van der Waals surface area (Å²) in [5.74, 6) is 1.55. The second-order valence-electron chi connectivity index (χ2n) is 5.11. The highest BCUT2D eigenvalue weighted by Gasteiger charge is 2.06. The van der Waals surface area contributed by atoms with E-state index in [1.165, 1.54) is 0 Å². The monoisotopic (exact) mass is 265 g/mol. The molecule has 0 unspecified atom stereocenters.